The van der Waals surface area contributed by atoms with E-state index in [4.69, 9.17) is 82.2 Å². The van der Waals surface area contributed by atoms with E-state index in [1.807, 2.05) is 60.7 Å². The van der Waals surface area contributed by atoms with Crippen molar-refractivity contribution in [3.63, 3.8) is 0 Å². The second-order valence-corrected chi connectivity index (χ2v) is 37.2. The minimum absolute atomic E-state index is 0.0240. The lowest BCUT2D eigenvalue weighted by atomic mass is 9.94. The summed E-state index contributed by atoms with van der Waals surface area (Å²) >= 11 is 18.3. The average molecular weight is 1730 g/mol. The standard InChI is InChI=1S/C99H167Cl3N2O15/c1-5-9-12-15-18-21-24-27-30-33-35-36-37-38-39-41-44-47-50-53-56-65-72-83(111-77-81-68-61-59-62-69-81)76-86(105)103-89-93(117-87(106)73-66-57-54-51-48-46-43-40-34-31-28-25-22-19-16-13-10-6-2)91(108)84(115-96(89)110-75-8-4)78-113-97-90(104-98(109)114-80-99(100,101)102)94(92-85(116-97)79-112-95(119-92)82-70-63-60-64-71-82)118-88(107)74-67-58-55-52-49-45-42-32-29-26-23-20-17-14-11-7-3/h8,59-64,68-71,83-85,89-97,108H,4-7,9-58,65-67,72-80H2,1-3H3,(H,103,105)(H,104,109)/t83-,84-,85-,89-,90-,91-,92-,93-,94-,95?,96+,97-/m1/s1. The molecule has 2 aromatic carbocycles. The van der Waals surface area contributed by atoms with Crippen molar-refractivity contribution in [2.45, 2.75) is 490 Å². The Hall–Kier alpha value is -3.59. The molecular formula is C99H167Cl3N2O15. The lowest BCUT2D eigenvalue weighted by Crippen LogP contribution is -2.69. The van der Waals surface area contributed by atoms with E-state index in [1.165, 1.54) is 282 Å². The quantitative estimate of drug-likeness (QED) is 0.0185. The van der Waals surface area contributed by atoms with Gasteiger partial charge in [-0.2, -0.15) is 0 Å². The summed E-state index contributed by atoms with van der Waals surface area (Å²) in [6.07, 6.45) is 58.9. The van der Waals surface area contributed by atoms with Crippen LogP contribution in [0.5, 0.6) is 0 Å². The zero-order chi connectivity index (χ0) is 85.1. The summed E-state index contributed by atoms with van der Waals surface area (Å²) in [5.74, 6) is -1.49. The fraction of sp³-hybridized carbons (Fsp3) is 0.818. The minimum atomic E-state index is -1.98. The van der Waals surface area contributed by atoms with Crippen LogP contribution >= 0.6 is 34.8 Å². The van der Waals surface area contributed by atoms with Crippen LogP contribution in [0.3, 0.4) is 0 Å². The van der Waals surface area contributed by atoms with Crippen LogP contribution in [0.4, 0.5) is 4.79 Å². The summed E-state index contributed by atoms with van der Waals surface area (Å²) in [5, 5.41) is 18.7. The van der Waals surface area contributed by atoms with Gasteiger partial charge in [0.1, 0.15) is 43.1 Å². The van der Waals surface area contributed by atoms with Gasteiger partial charge in [-0.1, -0.05) is 469 Å². The van der Waals surface area contributed by atoms with Gasteiger partial charge in [0.05, 0.1) is 39.0 Å². The molecule has 12 atom stereocenters. The molecule has 3 aliphatic rings. The van der Waals surface area contributed by atoms with Crippen molar-refractivity contribution in [3.05, 3.63) is 84.4 Å². The molecule has 0 aliphatic carbocycles. The number of nitrogens with one attached hydrogen (secondary N) is 2. The Labute approximate surface area is 737 Å². The van der Waals surface area contributed by atoms with Crippen molar-refractivity contribution in [3.8, 4) is 0 Å². The van der Waals surface area contributed by atoms with Gasteiger partial charge in [-0.3, -0.25) is 14.4 Å². The Morgan fingerprint density at radius 1 is 0.479 bits per heavy atom. The molecule has 684 valence electrons. The topological polar surface area (TPSA) is 205 Å². The number of alkyl carbamates (subject to hydrolysis) is 1. The van der Waals surface area contributed by atoms with E-state index < -0.39 is 115 Å². The zero-order valence-electron chi connectivity index (χ0n) is 74.7. The number of aliphatic hydroxyl groups excluding tert-OH is 1. The molecule has 3 saturated heterocycles. The number of benzene rings is 2. The van der Waals surface area contributed by atoms with Gasteiger partial charge in [0.25, 0.3) is 0 Å². The highest BCUT2D eigenvalue weighted by Crippen LogP contribution is 2.38. The molecular weight excluding hydrogens is 1560 g/mol. The van der Waals surface area contributed by atoms with Gasteiger partial charge in [0.2, 0.25) is 9.70 Å². The van der Waals surface area contributed by atoms with E-state index in [0.717, 1.165) is 76.2 Å². The Kier molecular flexibility index (Phi) is 62.8. The Balaban J connectivity index is 1.26. The SMILES string of the molecule is C=CCO[C@H]1O[C@H](CO[C@@H]2O[C@@H]3COC(c4ccccc4)O[C@H]3[C@H](OC(=O)CCCCCCCCCCCCCCCCCC)[C@H]2NC(=O)OCC(Cl)(Cl)Cl)[C@@H](O)[C@H](OC(=O)CCCCCCCCCCCCCCCCCCCC)[C@H]1NC(=O)C[C@@H](CCCCCCCCCCCCCCCCCCCCCCCC)OCc1ccccc1. The highest BCUT2D eigenvalue weighted by atomic mass is 35.6. The summed E-state index contributed by atoms with van der Waals surface area (Å²) in [4.78, 5) is 57.4. The van der Waals surface area contributed by atoms with Crippen LogP contribution in [-0.2, 0) is 68.4 Å². The van der Waals surface area contributed by atoms with Crippen LogP contribution < -0.4 is 10.6 Å². The number of alkyl halides is 3. The van der Waals surface area contributed by atoms with E-state index in [9.17, 15) is 24.3 Å². The van der Waals surface area contributed by atoms with Crippen molar-refractivity contribution >= 4 is 58.7 Å². The highest BCUT2D eigenvalue weighted by Gasteiger charge is 2.55. The first-order valence-electron chi connectivity index (χ1n) is 48.7. The van der Waals surface area contributed by atoms with Crippen molar-refractivity contribution in [2.75, 3.05) is 26.4 Å². The number of fused-ring (bicyclic) bond motifs is 1. The number of amides is 2. The molecule has 0 radical (unpaired) electrons. The average Bonchev–Trinajstić information content (AvgIpc) is 0.767. The normalized spacial score (nSPS) is 20.8. The number of esters is 2. The van der Waals surface area contributed by atoms with Crippen molar-refractivity contribution in [2.24, 2.45) is 0 Å². The molecule has 3 heterocycles. The molecule has 1 unspecified atom stereocenters. The summed E-state index contributed by atoms with van der Waals surface area (Å²) in [6.45, 7) is 9.84. The lowest BCUT2D eigenvalue weighted by molar-refractivity contribution is -0.350. The molecule has 2 amide bonds. The number of hydrogen-bond donors (Lipinski definition) is 3. The maximum atomic E-state index is 14.8. The molecule has 0 saturated carbocycles. The molecule has 17 nitrogen and oxygen atoms in total. The predicted octanol–water partition coefficient (Wildman–Crippen LogP) is 27.0. The van der Waals surface area contributed by atoms with Crippen molar-refractivity contribution in [1.82, 2.24) is 10.6 Å². The predicted molar refractivity (Wildman–Crippen MR) is 485 cm³/mol. The van der Waals surface area contributed by atoms with Crippen LogP contribution in [0, 0.1) is 0 Å². The lowest BCUT2D eigenvalue weighted by Gasteiger charge is -2.49. The summed E-state index contributed by atoms with van der Waals surface area (Å²) in [5.41, 5.74) is 1.69. The van der Waals surface area contributed by atoms with E-state index in [1.54, 1.807) is 0 Å². The van der Waals surface area contributed by atoms with Crippen molar-refractivity contribution in [1.29, 1.82) is 0 Å². The fourth-order valence-corrected chi connectivity index (χ4v) is 17.0. The third-order valence-corrected chi connectivity index (χ3v) is 24.3. The van der Waals surface area contributed by atoms with E-state index in [0.29, 0.717) is 31.4 Å². The van der Waals surface area contributed by atoms with Gasteiger partial charge in [0.15, 0.2) is 31.1 Å². The summed E-state index contributed by atoms with van der Waals surface area (Å²) in [6, 6.07) is 16.7. The van der Waals surface area contributed by atoms with Gasteiger partial charge < -0.3 is 63.1 Å². The molecule has 119 heavy (non-hydrogen) atoms. The molecule has 3 fully saturated rings. The van der Waals surface area contributed by atoms with E-state index in [-0.39, 0.29) is 32.5 Å². The second-order valence-electron chi connectivity index (χ2n) is 34.7. The molecule has 0 aromatic heterocycles. The van der Waals surface area contributed by atoms with Crippen LogP contribution in [0.2, 0.25) is 0 Å². The molecule has 2 aromatic rings. The first kappa shape index (κ1) is 106. The fourth-order valence-electron chi connectivity index (χ4n) is 16.8. The maximum absolute atomic E-state index is 14.8. The largest absolute Gasteiger partial charge is 0.457 e. The Bertz CT molecular complexity index is 2770. The Morgan fingerprint density at radius 2 is 0.857 bits per heavy atom. The minimum Gasteiger partial charge on any atom is -0.457 e. The highest BCUT2D eigenvalue weighted by molar-refractivity contribution is 6.67. The smallest absolute Gasteiger partial charge is 0.407 e. The number of hydrogen-bond acceptors (Lipinski definition) is 15. The van der Waals surface area contributed by atoms with Crippen LogP contribution in [0.15, 0.2) is 73.3 Å². The van der Waals surface area contributed by atoms with Gasteiger partial charge in [-0.25, -0.2) is 4.79 Å². The number of halogens is 3. The maximum Gasteiger partial charge on any atom is 0.407 e. The van der Waals surface area contributed by atoms with Gasteiger partial charge in [0, 0.05) is 18.4 Å². The van der Waals surface area contributed by atoms with Gasteiger partial charge in [-0.15, -0.1) is 6.58 Å². The molecule has 5 rings (SSSR count). The van der Waals surface area contributed by atoms with E-state index >= 15 is 0 Å². The summed E-state index contributed by atoms with van der Waals surface area (Å²) in [7, 11) is 0. The van der Waals surface area contributed by atoms with Crippen LogP contribution in [0.25, 0.3) is 0 Å². The molecule has 0 spiro atoms. The first-order valence-corrected chi connectivity index (χ1v) is 49.9. The first-order chi connectivity index (χ1) is 58.2. The van der Waals surface area contributed by atoms with E-state index in [2.05, 4.69) is 38.0 Å². The Morgan fingerprint density at radius 3 is 1.27 bits per heavy atom. The third kappa shape index (κ3) is 51.6. The third-order valence-electron chi connectivity index (χ3n) is 24.0. The number of carbonyl (C=O) groups is 4. The van der Waals surface area contributed by atoms with Gasteiger partial charge >= 0.3 is 18.0 Å². The molecule has 3 aliphatic heterocycles. The van der Waals surface area contributed by atoms with Crippen LogP contribution in [-0.4, -0.2) is 127 Å². The molecule has 0 bridgehead atoms. The van der Waals surface area contributed by atoms with Crippen molar-refractivity contribution < 1.29 is 71.7 Å². The number of carbonyl (C=O) groups excluding carboxylic acids is 4. The second kappa shape index (κ2) is 70.6. The van der Waals surface area contributed by atoms with Crippen LogP contribution in [0.1, 0.15) is 423 Å². The summed E-state index contributed by atoms with van der Waals surface area (Å²) < 4.78 is 62.2. The number of aliphatic hydroxyl groups is 1. The number of ether oxygens (including phenoxy) is 10. The van der Waals surface area contributed by atoms with Gasteiger partial charge in [-0.05, 0) is 24.8 Å². The number of rotatable bonds is 76. The monoisotopic (exact) mass is 1730 g/mol. The number of unbranched alkanes of at least 4 members (excludes halogenated alkanes) is 53. The molecule has 20 heteroatoms. The zero-order valence-corrected chi connectivity index (χ0v) is 77.0. The molecule has 3 N–H and O–H groups in total.